The van der Waals surface area contributed by atoms with E-state index in [1.807, 2.05) is 24.3 Å². The molecule has 0 spiro atoms. The molecule has 0 bridgehead atoms. The Kier molecular flexibility index (Phi) is 6.56. The normalized spacial score (nSPS) is 20.7. The highest BCUT2D eigenvalue weighted by Crippen LogP contribution is 2.28. The molecule has 1 aliphatic heterocycles. The van der Waals surface area contributed by atoms with Gasteiger partial charge in [-0.3, -0.25) is 25.3 Å². The van der Waals surface area contributed by atoms with E-state index in [0.29, 0.717) is 19.0 Å². The Labute approximate surface area is 165 Å². The van der Waals surface area contributed by atoms with Crippen molar-refractivity contribution in [3.8, 4) is 5.75 Å². The van der Waals surface area contributed by atoms with E-state index < -0.39 is 9.84 Å². The molecule has 0 aromatic heterocycles. The molecule has 9 heteroatoms. The molecule has 1 aromatic carbocycles. The van der Waals surface area contributed by atoms with Crippen LogP contribution in [0.3, 0.4) is 0 Å². The molecule has 1 aromatic rings. The number of amides is 2. The lowest BCUT2D eigenvalue weighted by atomic mass is 10.1. The van der Waals surface area contributed by atoms with Crippen molar-refractivity contribution in [2.75, 3.05) is 25.2 Å². The summed E-state index contributed by atoms with van der Waals surface area (Å²) < 4.78 is 28.1. The summed E-state index contributed by atoms with van der Waals surface area (Å²) in [6, 6.07) is 8.12. The fourth-order valence-electron chi connectivity index (χ4n) is 3.43. The highest BCUT2D eigenvalue weighted by Gasteiger charge is 2.31. The molecular formula is C19H27N3O5S. The van der Waals surface area contributed by atoms with Gasteiger partial charge in [-0.15, -0.1) is 0 Å². The molecule has 8 nitrogen and oxygen atoms in total. The predicted molar refractivity (Wildman–Crippen MR) is 104 cm³/mol. The summed E-state index contributed by atoms with van der Waals surface area (Å²) in [5.41, 5.74) is 5.94. The molecule has 1 saturated heterocycles. The van der Waals surface area contributed by atoms with Gasteiger partial charge in [-0.1, -0.05) is 12.1 Å². The van der Waals surface area contributed by atoms with Crippen molar-refractivity contribution in [3.63, 3.8) is 0 Å². The third-order valence-electron chi connectivity index (χ3n) is 5.10. The molecule has 154 valence electrons. The minimum Gasteiger partial charge on any atom is -0.497 e. The lowest BCUT2D eigenvalue weighted by molar-refractivity contribution is -0.130. The van der Waals surface area contributed by atoms with Crippen molar-refractivity contribution in [1.82, 2.24) is 15.8 Å². The highest BCUT2D eigenvalue weighted by molar-refractivity contribution is 7.91. The molecule has 2 N–H and O–H groups in total. The number of sulfone groups is 1. The number of methoxy groups -OCH3 is 1. The van der Waals surface area contributed by atoms with Gasteiger partial charge >= 0.3 is 0 Å². The van der Waals surface area contributed by atoms with Gasteiger partial charge in [-0.2, -0.15) is 0 Å². The zero-order chi connectivity index (χ0) is 20.1. The van der Waals surface area contributed by atoms with E-state index in [1.165, 1.54) is 0 Å². The number of hydrogen-bond acceptors (Lipinski definition) is 6. The Balaban J connectivity index is 1.43. The first kappa shape index (κ1) is 20.6. The van der Waals surface area contributed by atoms with Crippen molar-refractivity contribution < 1.29 is 22.7 Å². The van der Waals surface area contributed by atoms with Gasteiger partial charge in [0.25, 0.3) is 5.91 Å². The van der Waals surface area contributed by atoms with Crippen LogP contribution in [-0.2, 0) is 26.0 Å². The largest absolute Gasteiger partial charge is 0.497 e. The lowest BCUT2D eigenvalue weighted by Gasteiger charge is -2.21. The van der Waals surface area contributed by atoms with Crippen LogP contribution in [0.15, 0.2) is 24.3 Å². The number of rotatable bonds is 8. The Bertz CT molecular complexity index is 805. The van der Waals surface area contributed by atoms with Gasteiger partial charge < -0.3 is 4.74 Å². The molecule has 2 fully saturated rings. The second-order valence-corrected chi connectivity index (χ2v) is 9.78. The average molecular weight is 410 g/mol. The fourth-order valence-corrected chi connectivity index (χ4v) is 5.29. The molecule has 2 aliphatic rings. The van der Waals surface area contributed by atoms with Crippen molar-refractivity contribution in [3.05, 3.63) is 29.8 Å². The second-order valence-electron chi connectivity index (χ2n) is 7.55. The van der Waals surface area contributed by atoms with E-state index >= 15 is 0 Å². The van der Waals surface area contributed by atoms with Crippen LogP contribution >= 0.6 is 0 Å². The summed E-state index contributed by atoms with van der Waals surface area (Å²) in [6.07, 6.45) is 2.73. The zero-order valence-corrected chi connectivity index (χ0v) is 16.8. The molecule has 1 atom stereocenters. The lowest BCUT2D eigenvalue weighted by Crippen LogP contribution is -2.47. The van der Waals surface area contributed by atoms with Crippen LogP contribution in [0.5, 0.6) is 5.75 Å². The second kappa shape index (κ2) is 8.91. The monoisotopic (exact) mass is 409 g/mol. The zero-order valence-electron chi connectivity index (χ0n) is 16.0. The maximum absolute atomic E-state index is 12.2. The summed E-state index contributed by atoms with van der Waals surface area (Å²) in [7, 11) is -1.39. The first-order valence-electron chi connectivity index (χ1n) is 9.50. The molecule has 2 amide bonds. The van der Waals surface area contributed by atoms with E-state index in [4.69, 9.17) is 4.74 Å². The van der Waals surface area contributed by atoms with E-state index in [9.17, 15) is 18.0 Å². The van der Waals surface area contributed by atoms with Crippen molar-refractivity contribution in [2.24, 2.45) is 5.92 Å². The van der Waals surface area contributed by atoms with Crippen LogP contribution in [0.2, 0.25) is 0 Å². The summed E-state index contributed by atoms with van der Waals surface area (Å²) in [4.78, 5) is 26.3. The minimum absolute atomic E-state index is 0.0473. The van der Waals surface area contributed by atoms with Crippen LogP contribution in [0, 0.1) is 5.92 Å². The Morgan fingerprint density at radius 3 is 2.36 bits per heavy atom. The van der Waals surface area contributed by atoms with Gasteiger partial charge in [0, 0.05) is 19.0 Å². The molecule has 28 heavy (non-hydrogen) atoms. The molecule has 0 unspecified atom stereocenters. The topological polar surface area (TPSA) is 105 Å². The van der Waals surface area contributed by atoms with Gasteiger partial charge in [0.1, 0.15) is 5.75 Å². The standard InChI is InChI=1S/C19H27N3O5S/c1-27-17-6-2-14(3-7-17)11-22(16-4-5-16)12-19(24)21-20-18(23)10-15-8-9-28(25,26)13-15/h2-3,6-7,15-16H,4-5,8-13H2,1H3,(H,20,23)(H,21,24)/t15-/m0/s1. The number of hydrogen-bond donors (Lipinski definition) is 2. The molecule has 1 saturated carbocycles. The van der Waals surface area contributed by atoms with E-state index in [0.717, 1.165) is 24.2 Å². The van der Waals surface area contributed by atoms with Crippen LogP contribution in [0.25, 0.3) is 0 Å². The van der Waals surface area contributed by atoms with Gasteiger partial charge in [0.2, 0.25) is 5.91 Å². The molecule has 3 rings (SSSR count). The quantitative estimate of drug-likeness (QED) is 0.611. The number of nitrogens with zero attached hydrogens (tertiary/aromatic N) is 1. The van der Waals surface area contributed by atoms with Crippen LogP contribution < -0.4 is 15.6 Å². The molecular weight excluding hydrogens is 382 g/mol. The SMILES string of the molecule is COc1ccc(CN(CC(=O)NNC(=O)C[C@@H]2CCS(=O)(=O)C2)C2CC2)cc1. The predicted octanol–water partition coefficient (Wildman–Crippen LogP) is 0.632. The van der Waals surface area contributed by atoms with E-state index in [1.54, 1.807) is 7.11 Å². The molecule has 1 heterocycles. The third-order valence-corrected chi connectivity index (χ3v) is 6.93. The van der Waals surface area contributed by atoms with Gasteiger partial charge in [-0.05, 0) is 42.9 Å². The van der Waals surface area contributed by atoms with Crippen molar-refractivity contribution >= 4 is 21.7 Å². The number of ether oxygens (including phenoxy) is 1. The van der Waals surface area contributed by atoms with Crippen molar-refractivity contribution in [1.29, 1.82) is 0 Å². The maximum atomic E-state index is 12.2. The van der Waals surface area contributed by atoms with Crippen LogP contribution in [0.4, 0.5) is 0 Å². The Hall–Kier alpha value is -2.13. The Morgan fingerprint density at radius 2 is 1.79 bits per heavy atom. The maximum Gasteiger partial charge on any atom is 0.252 e. The summed E-state index contributed by atoms with van der Waals surface area (Å²) >= 11 is 0. The Morgan fingerprint density at radius 1 is 1.11 bits per heavy atom. The van der Waals surface area contributed by atoms with Gasteiger partial charge in [0.05, 0.1) is 25.2 Å². The number of benzene rings is 1. The minimum atomic E-state index is -3.01. The summed E-state index contributed by atoms with van der Waals surface area (Å²) in [5.74, 6) is 0.165. The summed E-state index contributed by atoms with van der Waals surface area (Å²) in [6.45, 7) is 0.838. The van der Waals surface area contributed by atoms with Gasteiger partial charge in [0.15, 0.2) is 9.84 Å². The smallest absolute Gasteiger partial charge is 0.252 e. The summed E-state index contributed by atoms with van der Waals surface area (Å²) in [5, 5.41) is 0. The number of nitrogens with one attached hydrogen (secondary N) is 2. The number of carbonyl (C=O) groups excluding carboxylic acids is 2. The number of hydrazine groups is 1. The van der Waals surface area contributed by atoms with E-state index in [-0.39, 0.29) is 42.2 Å². The highest BCUT2D eigenvalue weighted by atomic mass is 32.2. The first-order chi connectivity index (χ1) is 13.3. The average Bonchev–Trinajstić information content (AvgIpc) is 3.44. The first-order valence-corrected chi connectivity index (χ1v) is 11.3. The fraction of sp³-hybridized carbons (Fsp3) is 0.579. The van der Waals surface area contributed by atoms with Crippen LogP contribution in [-0.4, -0.2) is 56.3 Å². The molecule has 0 radical (unpaired) electrons. The van der Waals surface area contributed by atoms with E-state index in [2.05, 4.69) is 15.8 Å². The molecule has 1 aliphatic carbocycles. The third kappa shape index (κ3) is 6.20. The van der Waals surface area contributed by atoms with Crippen LogP contribution in [0.1, 0.15) is 31.2 Å². The van der Waals surface area contributed by atoms with Crippen molar-refractivity contribution in [2.45, 2.75) is 38.3 Å². The van der Waals surface area contributed by atoms with Gasteiger partial charge in [-0.25, -0.2) is 8.42 Å². The number of carbonyl (C=O) groups is 2.